The molecule has 0 fully saturated rings. The Morgan fingerprint density at radius 1 is 1.50 bits per heavy atom. The number of hydrogen-bond donors (Lipinski definition) is 0. The molecule has 0 N–H and O–H groups in total. The third-order valence-electron chi connectivity index (χ3n) is 2.19. The van der Waals surface area contributed by atoms with Gasteiger partial charge in [-0.05, 0) is 19.1 Å². The standard InChI is InChI=1S/C11H7ClFNO2/c1-6-7(5-14-16-6)11(15)10-8(12)3-2-4-9(10)13/h2-5H,1H3. The largest absolute Gasteiger partial charge is 0.361 e. The van der Waals surface area contributed by atoms with Gasteiger partial charge in [-0.25, -0.2) is 4.39 Å². The van der Waals surface area contributed by atoms with Crippen molar-refractivity contribution in [3.63, 3.8) is 0 Å². The van der Waals surface area contributed by atoms with E-state index in [0.29, 0.717) is 5.76 Å². The van der Waals surface area contributed by atoms with Crippen LogP contribution in [-0.4, -0.2) is 10.9 Å². The maximum absolute atomic E-state index is 13.5. The van der Waals surface area contributed by atoms with Crippen molar-refractivity contribution in [1.29, 1.82) is 0 Å². The maximum Gasteiger partial charge on any atom is 0.202 e. The number of halogens is 2. The van der Waals surface area contributed by atoms with E-state index >= 15 is 0 Å². The van der Waals surface area contributed by atoms with E-state index < -0.39 is 11.6 Å². The second-order valence-electron chi connectivity index (χ2n) is 3.22. The number of carbonyl (C=O) groups excluding carboxylic acids is 1. The van der Waals surface area contributed by atoms with Gasteiger partial charge in [0.05, 0.1) is 22.3 Å². The fourth-order valence-electron chi connectivity index (χ4n) is 1.37. The molecule has 0 saturated carbocycles. The highest BCUT2D eigenvalue weighted by molar-refractivity contribution is 6.35. The van der Waals surface area contributed by atoms with E-state index in [-0.39, 0.29) is 16.1 Å². The smallest absolute Gasteiger partial charge is 0.202 e. The number of nitrogens with zero attached hydrogens (tertiary/aromatic N) is 1. The van der Waals surface area contributed by atoms with Gasteiger partial charge in [0.1, 0.15) is 11.6 Å². The van der Waals surface area contributed by atoms with E-state index in [1.54, 1.807) is 6.92 Å². The molecule has 5 heteroatoms. The Hall–Kier alpha value is -1.68. The van der Waals surface area contributed by atoms with Crippen molar-refractivity contribution in [3.8, 4) is 0 Å². The molecule has 2 rings (SSSR count). The number of aryl methyl sites for hydroxylation is 1. The molecule has 0 aliphatic rings. The van der Waals surface area contributed by atoms with Gasteiger partial charge in [0.2, 0.25) is 5.78 Å². The molecule has 3 nitrogen and oxygen atoms in total. The van der Waals surface area contributed by atoms with Crippen molar-refractivity contribution in [2.24, 2.45) is 0 Å². The Morgan fingerprint density at radius 3 is 2.81 bits per heavy atom. The number of benzene rings is 1. The van der Waals surface area contributed by atoms with Gasteiger partial charge in [0, 0.05) is 0 Å². The van der Waals surface area contributed by atoms with Crippen molar-refractivity contribution in [2.45, 2.75) is 6.92 Å². The third kappa shape index (κ3) is 1.72. The molecule has 0 bridgehead atoms. The summed E-state index contributed by atoms with van der Waals surface area (Å²) in [5.74, 6) is -0.843. The number of carbonyl (C=O) groups is 1. The first-order chi connectivity index (χ1) is 7.61. The van der Waals surface area contributed by atoms with Crippen molar-refractivity contribution < 1.29 is 13.7 Å². The molecule has 0 saturated heterocycles. The number of aromatic nitrogens is 1. The Bertz CT molecular complexity index is 530. The van der Waals surface area contributed by atoms with Gasteiger partial charge in [-0.2, -0.15) is 0 Å². The summed E-state index contributed by atoms with van der Waals surface area (Å²) < 4.78 is 18.2. The van der Waals surface area contributed by atoms with Gasteiger partial charge in [0.25, 0.3) is 0 Å². The minimum atomic E-state index is -0.655. The first kappa shape index (κ1) is 10.8. The predicted octanol–water partition coefficient (Wildman–Crippen LogP) is 3.01. The van der Waals surface area contributed by atoms with E-state index in [0.717, 1.165) is 0 Å². The van der Waals surface area contributed by atoms with Crippen LogP contribution < -0.4 is 0 Å². The topological polar surface area (TPSA) is 43.1 Å². The summed E-state index contributed by atoms with van der Waals surface area (Å²) in [5, 5.41) is 3.54. The maximum atomic E-state index is 13.5. The lowest BCUT2D eigenvalue weighted by molar-refractivity contribution is 0.103. The van der Waals surface area contributed by atoms with Crippen molar-refractivity contribution >= 4 is 17.4 Å². The SMILES string of the molecule is Cc1oncc1C(=O)c1c(F)cccc1Cl. The normalized spacial score (nSPS) is 10.4. The van der Waals surface area contributed by atoms with E-state index in [1.807, 2.05) is 0 Å². The number of hydrogen-bond acceptors (Lipinski definition) is 3. The highest BCUT2D eigenvalue weighted by Gasteiger charge is 2.21. The lowest BCUT2D eigenvalue weighted by Crippen LogP contribution is -2.05. The van der Waals surface area contributed by atoms with Crippen LogP contribution in [0, 0.1) is 12.7 Å². The second kappa shape index (κ2) is 4.06. The van der Waals surface area contributed by atoms with Crippen molar-refractivity contribution in [1.82, 2.24) is 5.16 Å². The van der Waals surface area contributed by atoms with Crippen LogP contribution in [0.5, 0.6) is 0 Å². The van der Waals surface area contributed by atoms with Crippen LogP contribution in [-0.2, 0) is 0 Å². The monoisotopic (exact) mass is 239 g/mol. The summed E-state index contributed by atoms with van der Waals surface area (Å²) in [4.78, 5) is 11.9. The second-order valence-corrected chi connectivity index (χ2v) is 3.63. The zero-order valence-corrected chi connectivity index (χ0v) is 9.08. The van der Waals surface area contributed by atoms with Gasteiger partial charge in [-0.1, -0.05) is 22.8 Å². The van der Waals surface area contributed by atoms with Gasteiger partial charge >= 0.3 is 0 Å². The Kier molecular flexibility index (Phi) is 2.75. The predicted molar refractivity (Wildman–Crippen MR) is 56.1 cm³/mol. The van der Waals surface area contributed by atoms with E-state index in [1.165, 1.54) is 24.4 Å². The van der Waals surface area contributed by atoms with E-state index in [4.69, 9.17) is 16.1 Å². The summed E-state index contributed by atoms with van der Waals surface area (Å²) in [7, 11) is 0. The molecule has 0 radical (unpaired) electrons. The molecule has 0 unspecified atom stereocenters. The molecule has 0 atom stereocenters. The molecule has 1 aromatic carbocycles. The molecule has 0 spiro atoms. The molecule has 1 heterocycles. The van der Waals surface area contributed by atoms with Crippen molar-refractivity contribution in [2.75, 3.05) is 0 Å². The molecule has 16 heavy (non-hydrogen) atoms. The van der Waals surface area contributed by atoms with Gasteiger partial charge in [-0.3, -0.25) is 4.79 Å². The Morgan fingerprint density at radius 2 is 2.25 bits per heavy atom. The first-order valence-electron chi connectivity index (χ1n) is 4.51. The fourth-order valence-corrected chi connectivity index (χ4v) is 1.61. The Labute approximate surface area is 95.8 Å². The van der Waals surface area contributed by atoms with Crippen molar-refractivity contribution in [3.05, 3.63) is 52.1 Å². The molecule has 0 amide bonds. The molecule has 1 aromatic heterocycles. The summed E-state index contributed by atoms with van der Waals surface area (Å²) in [6, 6.07) is 4.08. The van der Waals surface area contributed by atoms with Crippen LogP contribution >= 0.6 is 11.6 Å². The molecule has 82 valence electrons. The van der Waals surface area contributed by atoms with Gasteiger partial charge in [0.15, 0.2) is 0 Å². The summed E-state index contributed by atoms with van der Waals surface area (Å²) in [6.07, 6.45) is 1.25. The van der Waals surface area contributed by atoms with E-state index in [9.17, 15) is 9.18 Å². The lowest BCUT2D eigenvalue weighted by atomic mass is 10.0. The summed E-state index contributed by atoms with van der Waals surface area (Å²) in [6.45, 7) is 1.58. The minimum absolute atomic E-state index is 0.0746. The van der Waals surface area contributed by atoms with Gasteiger partial charge < -0.3 is 4.52 Å². The molecular formula is C11H7ClFNO2. The first-order valence-corrected chi connectivity index (χ1v) is 4.89. The average molecular weight is 240 g/mol. The summed E-state index contributed by atoms with van der Waals surface area (Å²) in [5.41, 5.74) is 0.0578. The van der Waals surface area contributed by atoms with Crippen LogP contribution in [0.15, 0.2) is 28.9 Å². The van der Waals surface area contributed by atoms with Crippen LogP contribution in [0.25, 0.3) is 0 Å². The molecular weight excluding hydrogens is 233 g/mol. The van der Waals surface area contributed by atoms with Crippen LogP contribution in [0.2, 0.25) is 5.02 Å². The van der Waals surface area contributed by atoms with Crippen LogP contribution in [0.4, 0.5) is 4.39 Å². The number of ketones is 1. The zero-order chi connectivity index (χ0) is 11.7. The van der Waals surface area contributed by atoms with Gasteiger partial charge in [-0.15, -0.1) is 0 Å². The van der Waals surface area contributed by atoms with Crippen LogP contribution in [0.1, 0.15) is 21.7 Å². The summed E-state index contributed by atoms with van der Waals surface area (Å²) >= 11 is 5.78. The highest BCUT2D eigenvalue weighted by Crippen LogP contribution is 2.23. The molecule has 0 aliphatic carbocycles. The Balaban J connectivity index is 2.54. The average Bonchev–Trinajstić information content (AvgIpc) is 2.64. The zero-order valence-electron chi connectivity index (χ0n) is 8.33. The van der Waals surface area contributed by atoms with E-state index in [2.05, 4.69) is 5.16 Å². The quantitative estimate of drug-likeness (QED) is 0.757. The fraction of sp³-hybridized carbons (Fsp3) is 0.0909. The minimum Gasteiger partial charge on any atom is -0.361 e. The molecule has 2 aromatic rings. The third-order valence-corrected chi connectivity index (χ3v) is 2.50. The highest BCUT2D eigenvalue weighted by atomic mass is 35.5. The van der Waals surface area contributed by atoms with Crippen LogP contribution in [0.3, 0.4) is 0 Å². The number of rotatable bonds is 2. The molecule has 0 aliphatic heterocycles. The lowest BCUT2D eigenvalue weighted by Gasteiger charge is -2.02.